The van der Waals surface area contributed by atoms with Gasteiger partial charge in [0.05, 0.1) is 24.8 Å². The Morgan fingerprint density at radius 3 is 2.20 bits per heavy atom. The lowest BCUT2D eigenvalue weighted by Gasteiger charge is -2.32. The number of methoxy groups -OCH3 is 2. The van der Waals surface area contributed by atoms with Crippen LogP contribution in [0.1, 0.15) is 38.2 Å². The van der Waals surface area contributed by atoms with Gasteiger partial charge in [-0.05, 0) is 61.7 Å². The number of benzene rings is 3. The van der Waals surface area contributed by atoms with Gasteiger partial charge in [-0.25, -0.2) is 8.42 Å². The molecule has 1 N–H and O–H groups in total. The smallest absolute Gasteiger partial charge is 0.264 e. The third-order valence-corrected chi connectivity index (χ3v) is 9.12. The van der Waals surface area contributed by atoms with Gasteiger partial charge in [-0.2, -0.15) is 0 Å². The molecule has 1 aliphatic carbocycles. The summed E-state index contributed by atoms with van der Waals surface area (Å²) in [5, 5.41) is 3.07. The van der Waals surface area contributed by atoms with Crippen molar-refractivity contribution in [2.75, 3.05) is 25.1 Å². The van der Waals surface area contributed by atoms with Gasteiger partial charge in [-0.1, -0.05) is 49.2 Å². The summed E-state index contributed by atoms with van der Waals surface area (Å²) in [6, 6.07) is 20.9. The standard InChI is InChI=1S/C31H37N3O6S/c1-23(31(36)32-25-10-7-8-11-25)33(21-24-16-18-27(39-2)19-17-24)30(35)22-34(26-12-9-13-28(20-26)40-3)41(37,38)29-14-5-4-6-15-29/h4-6,9,12-20,23,25H,7-8,10-11,21-22H2,1-3H3,(H,32,36). The zero-order valence-electron chi connectivity index (χ0n) is 23.7. The predicted octanol–water partition coefficient (Wildman–Crippen LogP) is 4.38. The summed E-state index contributed by atoms with van der Waals surface area (Å²) in [5.74, 6) is 0.328. The topological polar surface area (TPSA) is 105 Å². The molecule has 1 atom stereocenters. The van der Waals surface area contributed by atoms with E-state index in [1.807, 2.05) is 12.1 Å². The van der Waals surface area contributed by atoms with Gasteiger partial charge < -0.3 is 19.7 Å². The maximum Gasteiger partial charge on any atom is 0.264 e. The molecule has 1 saturated carbocycles. The maximum atomic E-state index is 14.1. The van der Waals surface area contributed by atoms with Crippen LogP contribution in [0.5, 0.6) is 11.5 Å². The normalized spacial score (nSPS) is 14.2. The van der Waals surface area contributed by atoms with Crippen molar-refractivity contribution in [3.8, 4) is 11.5 Å². The number of anilines is 1. The molecule has 9 nitrogen and oxygen atoms in total. The van der Waals surface area contributed by atoms with Crippen LogP contribution < -0.4 is 19.1 Å². The van der Waals surface area contributed by atoms with Crippen molar-refractivity contribution >= 4 is 27.5 Å². The largest absolute Gasteiger partial charge is 0.497 e. The highest BCUT2D eigenvalue weighted by Crippen LogP contribution is 2.28. The first kappa shape index (κ1) is 29.9. The van der Waals surface area contributed by atoms with Crippen LogP contribution in [0.4, 0.5) is 5.69 Å². The van der Waals surface area contributed by atoms with Crippen LogP contribution in [0.25, 0.3) is 0 Å². The van der Waals surface area contributed by atoms with E-state index in [4.69, 9.17) is 9.47 Å². The molecule has 0 bridgehead atoms. The Bertz CT molecular complexity index is 1420. The molecule has 4 rings (SSSR count). The van der Waals surface area contributed by atoms with Crippen molar-refractivity contribution in [3.63, 3.8) is 0 Å². The molecule has 0 saturated heterocycles. The summed E-state index contributed by atoms with van der Waals surface area (Å²) in [5.41, 5.74) is 1.05. The first-order valence-electron chi connectivity index (χ1n) is 13.7. The number of amides is 2. The average molecular weight is 580 g/mol. The minimum Gasteiger partial charge on any atom is -0.497 e. The van der Waals surface area contributed by atoms with Gasteiger partial charge in [-0.3, -0.25) is 13.9 Å². The number of carbonyl (C=O) groups excluding carboxylic acids is 2. The van der Waals surface area contributed by atoms with E-state index in [1.54, 1.807) is 68.6 Å². The zero-order chi connectivity index (χ0) is 29.4. The van der Waals surface area contributed by atoms with Gasteiger partial charge in [-0.15, -0.1) is 0 Å². The van der Waals surface area contributed by atoms with Crippen LogP contribution in [0.2, 0.25) is 0 Å². The molecule has 0 spiro atoms. The number of nitrogens with zero attached hydrogens (tertiary/aromatic N) is 2. The van der Waals surface area contributed by atoms with Gasteiger partial charge in [0.25, 0.3) is 10.0 Å². The second-order valence-electron chi connectivity index (χ2n) is 10.1. The van der Waals surface area contributed by atoms with Gasteiger partial charge in [0.1, 0.15) is 24.1 Å². The van der Waals surface area contributed by atoms with Gasteiger partial charge >= 0.3 is 0 Å². The summed E-state index contributed by atoms with van der Waals surface area (Å²) in [6.07, 6.45) is 3.93. The molecule has 0 aromatic heterocycles. The molecule has 0 heterocycles. The lowest BCUT2D eigenvalue weighted by molar-refractivity contribution is -0.139. The molecule has 1 unspecified atom stereocenters. The van der Waals surface area contributed by atoms with E-state index < -0.39 is 28.5 Å². The summed E-state index contributed by atoms with van der Waals surface area (Å²) in [6.45, 7) is 1.27. The average Bonchev–Trinajstić information content (AvgIpc) is 3.52. The molecular weight excluding hydrogens is 542 g/mol. The fourth-order valence-electron chi connectivity index (χ4n) is 4.92. The van der Waals surface area contributed by atoms with E-state index in [0.717, 1.165) is 35.6 Å². The van der Waals surface area contributed by atoms with Crippen LogP contribution in [-0.4, -0.2) is 58.0 Å². The number of nitrogens with one attached hydrogen (secondary N) is 1. The fraction of sp³-hybridized carbons (Fsp3) is 0.355. The SMILES string of the molecule is COc1ccc(CN(C(=O)CN(c2cccc(OC)c2)S(=O)(=O)c2ccccc2)C(C)C(=O)NC2CCCC2)cc1. The van der Waals surface area contributed by atoms with Crippen LogP contribution >= 0.6 is 0 Å². The second-order valence-corrected chi connectivity index (χ2v) is 11.9. The summed E-state index contributed by atoms with van der Waals surface area (Å²) in [7, 11) is -1.08. The first-order valence-corrected chi connectivity index (χ1v) is 15.1. The summed E-state index contributed by atoms with van der Waals surface area (Å²) >= 11 is 0. The molecule has 0 aliphatic heterocycles. The van der Waals surface area contributed by atoms with E-state index in [2.05, 4.69) is 5.32 Å². The minimum atomic E-state index is -4.14. The van der Waals surface area contributed by atoms with E-state index in [1.165, 1.54) is 24.1 Å². The highest BCUT2D eigenvalue weighted by molar-refractivity contribution is 7.92. The molecule has 1 aliphatic rings. The van der Waals surface area contributed by atoms with E-state index >= 15 is 0 Å². The number of rotatable bonds is 12. The Balaban J connectivity index is 1.68. The van der Waals surface area contributed by atoms with Crippen molar-refractivity contribution in [1.82, 2.24) is 10.2 Å². The zero-order valence-corrected chi connectivity index (χ0v) is 24.5. The maximum absolute atomic E-state index is 14.1. The molecule has 10 heteroatoms. The molecule has 1 fully saturated rings. The lowest BCUT2D eigenvalue weighted by atomic mass is 10.1. The number of sulfonamides is 1. The quantitative estimate of drug-likeness (QED) is 0.342. The van der Waals surface area contributed by atoms with Crippen molar-refractivity contribution in [2.45, 2.75) is 56.1 Å². The Morgan fingerprint density at radius 1 is 0.902 bits per heavy atom. The molecule has 0 radical (unpaired) electrons. The number of hydrogen-bond acceptors (Lipinski definition) is 6. The summed E-state index contributed by atoms with van der Waals surface area (Å²) in [4.78, 5) is 28.8. The summed E-state index contributed by atoms with van der Waals surface area (Å²) < 4.78 is 39.4. The van der Waals surface area contributed by atoms with E-state index in [0.29, 0.717) is 11.5 Å². The van der Waals surface area contributed by atoms with Gasteiger partial charge in [0.2, 0.25) is 11.8 Å². The molecule has 3 aromatic rings. The molecular formula is C31H37N3O6S. The predicted molar refractivity (Wildman–Crippen MR) is 157 cm³/mol. The van der Waals surface area contributed by atoms with Gasteiger partial charge in [0, 0.05) is 18.7 Å². The number of carbonyl (C=O) groups is 2. The van der Waals surface area contributed by atoms with Crippen LogP contribution in [0.3, 0.4) is 0 Å². The third kappa shape index (κ3) is 7.38. The van der Waals surface area contributed by atoms with Gasteiger partial charge in [0.15, 0.2) is 0 Å². The van der Waals surface area contributed by atoms with Crippen LogP contribution in [0, 0.1) is 0 Å². The Kier molecular flexibility index (Phi) is 9.88. The van der Waals surface area contributed by atoms with Crippen molar-refractivity contribution in [3.05, 3.63) is 84.4 Å². The van der Waals surface area contributed by atoms with Crippen molar-refractivity contribution in [2.24, 2.45) is 0 Å². The molecule has 218 valence electrons. The fourth-order valence-corrected chi connectivity index (χ4v) is 6.34. The monoisotopic (exact) mass is 579 g/mol. The minimum absolute atomic E-state index is 0.0457. The first-order chi connectivity index (χ1) is 19.7. The lowest BCUT2D eigenvalue weighted by Crippen LogP contribution is -2.52. The molecule has 41 heavy (non-hydrogen) atoms. The molecule has 3 aromatic carbocycles. The second kappa shape index (κ2) is 13.5. The Labute approximate surface area is 242 Å². The highest BCUT2D eigenvalue weighted by atomic mass is 32.2. The van der Waals surface area contributed by atoms with Crippen LogP contribution in [0.15, 0.2) is 83.8 Å². The molecule has 2 amide bonds. The highest BCUT2D eigenvalue weighted by Gasteiger charge is 2.33. The van der Waals surface area contributed by atoms with Crippen molar-refractivity contribution in [1.29, 1.82) is 0 Å². The van der Waals surface area contributed by atoms with Crippen molar-refractivity contribution < 1.29 is 27.5 Å². The van der Waals surface area contributed by atoms with E-state index in [-0.39, 0.29) is 29.1 Å². The van der Waals surface area contributed by atoms with Crippen LogP contribution in [-0.2, 0) is 26.2 Å². The number of ether oxygens (including phenoxy) is 2. The Morgan fingerprint density at radius 2 is 1.56 bits per heavy atom. The number of hydrogen-bond donors (Lipinski definition) is 1. The van der Waals surface area contributed by atoms with E-state index in [9.17, 15) is 18.0 Å². The third-order valence-electron chi connectivity index (χ3n) is 7.33. The Hall–Kier alpha value is -4.05.